The van der Waals surface area contributed by atoms with Crippen molar-refractivity contribution in [1.29, 1.82) is 0 Å². The van der Waals surface area contributed by atoms with Crippen LogP contribution in [0.5, 0.6) is 0 Å². The molecule has 0 radical (unpaired) electrons. The number of fused-ring (bicyclic) bond motifs is 6. The summed E-state index contributed by atoms with van der Waals surface area (Å²) >= 11 is 0. The van der Waals surface area contributed by atoms with E-state index in [0.717, 1.165) is 16.9 Å². The Hall–Kier alpha value is -7.22. The second-order valence-electron chi connectivity index (χ2n) is 15.2. The molecule has 0 unspecified atom stereocenters. The van der Waals surface area contributed by atoms with E-state index in [1.165, 1.54) is 72.3 Å². The third-order valence-electron chi connectivity index (χ3n) is 12.4. The summed E-state index contributed by atoms with van der Waals surface area (Å²) in [5.74, 6) is 0. The van der Waals surface area contributed by atoms with E-state index in [1.807, 2.05) is 0 Å². The van der Waals surface area contributed by atoms with Gasteiger partial charge in [-0.3, -0.25) is 0 Å². The van der Waals surface area contributed by atoms with E-state index in [9.17, 15) is 0 Å². The van der Waals surface area contributed by atoms with Crippen molar-refractivity contribution in [1.82, 2.24) is 0 Å². The van der Waals surface area contributed by atoms with Crippen LogP contribution in [0.2, 0.25) is 0 Å². The summed E-state index contributed by atoms with van der Waals surface area (Å²) < 4.78 is 0. The average Bonchev–Trinajstić information content (AvgIpc) is 3.76. The van der Waals surface area contributed by atoms with Gasteiger partial charge in [0.1, 0.15) is 0 Å². The first-order valence-electron chi connectivity index (χ1n) is 19.9. The number of hydrogen-bond acceptors (Lipinski definition) is 1. The number of benzene rings is 9. The number of nitrogens with one attached hydrogen (secondary N) is 1. The third kappa shape index (κ3) is 4.89. The fourth-order valence-electron chi connectivity index (χ4n) is 10.2. The summed E-state index contributed by atoms with van der Waals surface area (Å²) in [5.41, 5.74) is 19.0. The molecule has 0 aromatic heterocycles. The molecule has 57 heavy (non-hydrogen) atoms. The van der Waals surface area contributed by atoms with Gasteiger partial charge in [-0.05, 0) is 96.6 Å². The molecule has 9 aromatic rings. The molecular weight excluding hydrogens is 687 g/mol. The first-order chi connectivity index (χ1) is 28.3. The smallest absolute Gasteiger partial charge is 0.0714 e. The zero-order valence-electron chi connectivity index (χ0n) is 31.4. The molecule has 2 aliphatic rings. The van der Waals surface area contributed by atoms with Crippen molar-refractivity contribution in [2.75, 3.05) is 5.32 Å². The van der Waals surface area contributed by atoms with Crippen LogP contribution >= 0.6 is 0 Å². The molecule has 0 spiro atoms. The Labute approximate surface area is 334 Å². The van der Waals surface area contributed by atoms with Gasteiger partial charge in [-0.15, -0.1) is 0 Å². The zero-order valence-corrected chi connectivity index (χ0v) is 31.4. The highest BCUT2D eigenvalue weighted by atomic mass is 14.9. The molecular formula is C56H39N. The maximum atomic E-state index is 3.93. The zero-order chi connectivity index (χ0) is 37.8. The number of para-hydroxylation sites is 1. The van der Waals surface area contributed by atoms with Gasteiger partial charge in [0.05, 0.1) is 10.8 Å². The molecule has 1 heteroatoms. The summed E-state index contributed by atoms with van der Waals surface area (Å²) in [6.45, 7) is 0. The Morgan fingerprint density at radius 1 is 0.263 bits per heavy atom. The molecule has 9 aromatic carbocycles. The van der Waals surface area contributed by atoms with Gasteiger partial charge in [0, 0.05) is 16.9 Å². The van der Waals surface area contributed by atoms with Crippen LogP contribution in [0.15, 0.2) is 231 Å². The Bertz CT molecular complexity index is 2840. The van der Waals surface area contributed by atoms with Crippen molar-refractivity contribution in [3.63, 3.8) is 0 Å². The Balaban J connectivity index is 1.06. The topological polar surface area (TPSA) is 12.0 Å². The second kappa shape index (κ2) is 13.2. The Morgan fingerprint density at radius 3 is 1.19 bits per heavy atom. The largest absolute Gasteiger partial charge is 0.355 e. The minimum atomic E-state index is -0.459. The summed E-state index contributed by atoms with van der Waals surface area (Å²) in [5, 5.41) is 3.93. The number of anilines is 2. The normalized spacial score (nSPS) is 13.9. The van der Waals surface area contributed by atoms with Crippen molar-refractivity contribution in [3.8, 4) is 33.4 Å². The molecule has 2 aliphatic carbocycles. The van der Waals surface area contributed by atoms with E-state index in [0.29, 0.717) is 0 Å². The van der Waals surface area contributed by atoms with Crippen LogP contribution < -0.4 is 5.32 Å². The molecule has 0 bridgehead atoms. The summed E-state index contributed by atoms with van der Waals surface area (Å²) in [6.07, 6.45) is 0. The molecule has 1 nitrogen and oxygen atoms in total. The van der Waals surface area contributed by atoms with Crippen LogP contribution in [0, 0.1) is 0 Å². The average molecular weight is 726 g/mol. The van der Waals surface area contributed by atoms with E-state index in [1.54, 1.807) is 0 Å². The minimum Gasteiger partial charge on any atom is -0.355 e. The maximum Gasteiger partial charge on any atom is 0.0714 e. The van der Waals surface area contributed by atoms with Gasteiger partial charge < -0.3 is 5.32 Å². The van der Waals surface area contributed by atoms with Gasteiger partial charge in [-0.25, -0.2) is 0 Å². The molecule has 0 amide bonds. The minimum absolute atomic E-state index is 0.458. The van der Waals surface area contributed by atoms with Crippen molar-refractivity contribution < 1.29 is 0 Å². The number of rotatable bonds is 7. The van der Waals surface area contributed by atoms with Gasteiger partial charge in [-0.2, -0.15) is 0 Å². The standard InChI is InChI=1S/C56H39N/c1-4-20-40(21-5-1)55(41-22-6-2-7-23-41)50-31-14-12-30-48(50)49-36-35-44(38-53(49)55)57-54-34-17-13-27-45(54)39-19-18-26-43(37-39)56(42-24-8-3-9-25-42)51-32-15-10-28-46(51)47-29-11-16-33-52(47)56/h1-38,57H. The van der Waals surface area contributed by atoms with E-state index >= 15 is 0 Å². The maximum absolute atomic E-state index is 3.93. The molecule has 1 N–H and O–H groups in total. The SMILES string of the molecule is c1ccc(C2(c3cccc(-c4ccccc4Nc4ccc5c(c4)C(c4ccccc4)(c4ccccc4)c4ccccc4-5)c3)c3ccccc3-c3ccccc32)cc1. The molecule has 0 saturated carbocycles. The lowest BCUT2D eigenvalue weighted by atomic mass is 9.67. The van der Waals surface area contributed by atoms with Crippen LogP contribution in [0.4, 0.5) is 11.4 Å². The monoisotopic (exact) mass is 725 g/mol. The molecule has 0 atom stereocenters. The third-order valence-corrected chi connectivity index (χ3v) is 12.4. The Morgan fingerprint density at radius 2 is 0.667 bits per heavy atom. The predicted molar refractivity (Wildman–Crippen MR) is 236 cm³/mol. The van der Waals surface area contributed by atoms with Crippen molar-refractivity contribution in [2.24, 2.45) is 0 Å². The van der Waals surface area contributed by atoms with E-state index < -0.39 is 10.8 Å². The van der Waals surface area contributed by atoms with E-state index in [-0.39, 0.29) is 0 Å². The van der Waals surface area contributed by atoms with Gasteiger partial charge in [0.2, 0.25) is 0 Å². The van der Waals surface area contributed by atoms with Crippen LogP contribution in [0.25, 0.3) is 33.4 Å². The number of hydrogen-bond donors (Lipinski definition) is 1. The highest BCUT2D eigenvalue weighted by Crippen LogP contribution is 2.58. The molecule has 0 fully saturated rings. The molecule has 0 aliphatic heterocycles. The van der Waals surface area contributed by atoms with Gasteiger partial charge in [-0.1, -0.05) is 206 Å². The fourth-order valence-corrected chi connectivity index (χ4v) is 10.2. The lowest BCUT2D eigenvalue weighted by Gasteiger charge is -2.34. The summed E-state index contributed by atoms with van der Waals surface area (Å²) in [6, 6.07) is 84.8. The molecule has 11 rings (SSSR count). The molecule has 0 saturated heterocycles. The summed E-state index contributed by atoms with van der Waals surface area (Å²) in [7, 11) is 0. The van der Waals surface area contributed by atoms with Crippen molar-refractivity contribution in [3.05, 3.63) is 275 Å². The van der Waals surface area contributed by atoms with Crippen LogP contribution in [-0.2, 0) is 10.8 Å². The highest BCUT2D eigenvalue weighted by molar-refractivity contribution is 5.90. The van der Waals surface area contributed by atoms with Crippen LogP contribution in [-0.4, -0.2) is 0 Å². The second-order valence-corrected chi connectivity index (χ2v) is 15.2. The predicted octanol–water partition coefficient (Wildman–Crippen LogP) is 13.8. The van der Waals surface area contributed by atoms with Gasteiger partial charge in [0.25, 0.3) is 0 Å². The molecule has 268 valence electrons. The van der Waals surface area contributed by atoms with Crippen molar-refractivity contribution >= 4 is 11.4 Å². The summed E-state index contributed by atoms with van der Waals surface area (Å²) in [4.78, 5) is 0. The Kier molecular flexibility index (Phi) is 7.69. The lowest BCUT2D eigenvalue weighted by Crippen LogP contribution is -2.28. The van der Waals surface area contributed by atoms with E-state index in [2.05, 4.69) is 236 Å². The highest BCUT2D eigenvalue weighted by Gasteiger charge is 2.47. The fraction of sp³-hybridized carbons (Fsp3) is 0.0357. The van der Waals surface area contributed by atoms with Crippen molar-refractivity contribution in [2.45, 2.75) is 10.8 Å². The van der Waals surface area contributed by atoms with Crippen LogP contribution in [0.3, 0.4) is 0 Å². The quantitative estimate of drug-likeness (QED) is 0.172. The molecule has 0 heterocycles. The van der Waals surface area contributed by atoms with E-state index in [4.69, 9.17) is 0 Å². The van der Waals surface area contributed by atoms with Gasteiger partial charge in [0.15, 0.2) is 0 Å². The first-order valence-corrected chi connectivity index (χ1v) is 19.9. The van der Waals surface area contributed by atoms with Gasteiger partial charge >= 0.3 is 0 Å². The lowest BCUT2D eigenvalue weighted by molar-refractivity contribution is 0.769. The van der Waals surface area contributed by atoms with Crippen LogP contribution in [0.1, 0.15) is 44.5 Å². The first kappa shape index (κ1) is 33.1.